The lowest BCUT2D eigenvalue weighted by Crippen LogP contribution is -2.24. The van der Waals surface area contributed by atoms with E-state index in [0.29, 0.717) is 0 Å². The highest BCUT2D eigenvalue weighted by atomic mass is 15.2. The number of fused-ring (bicyclic) bond motifs is 1. The van der Waals surface area contributed by atoms with E-state index in [4.69, 9.17) is 4.98 Å². The molecule has 1 fully saturated rings. The fourth-order valence-corrected chi connectivity index (χ4v) is 3.73. The molecule has 0 amide bonds. The van der Waals surface area contributed by atoms with E-state index < -0.39 is 0 Å². The Hall–Kier alpha value is -2.07. The van der Waals surface area contributed by atoms with Crippen LogP contribution in [-0.4, -0.2) is 50.2 Å². The predicted octanol–water partition coefficient (Wildman–Crippen LogP) is 3.60. The maximum absolute atomic E-state index is 5.11. The minimum atomic E-state index is 1.02. The van der Waals surface area contributed by atoms with Crippen molar-refractivity contribution in [2.24, 2.45) is 0 Å². The summed E-state index contributed by atoms with van der Waals surface area (Å²) < 4.78 is 0. The Labute approximate surface area is 144 Å². The molecule has 1 saturated heterocycles. The summed E-state index contributed by atoms with van der Waals surface area (Å²) in [6.45, 7) is 4.38. The second-order valence-corrected chi connectivity index (χ2v) is 6.95. The first-order valence-corrected chi connectivity index (χ1v) is 9.00. The van der Waals surface area contributed by atoms with Crippen LogP contribution in [0.25, 0.3) is 16.3 Å². The van der Waals surface area contributed by atoms with E-state index in [1.165, 1.54) is 35.0 Å². The van der Waals surface area contributed by atoms with Gasteiger partial charge in [0.1, 0.15) is 5.82 Å². The van der Waals surface area contributed by atoms with Gasteiger partial charge in [0.2, 0.25) is 0 Å². The second-order valence-electron chi connectivity index (χ2n) is 6.95. The van der Waals surface area contributed by atoms with Crippen molar-refractivity contribution in [1.82, 2.24) is 9.88 Å². The topological polar surface area (TPSA) is 31.4 Å². The molecule has 0 aliphatic carbocycles. The molecule has 0 saturated carbocycles. The fourth-order valence-electron chi connectivity index (χ4n) is 3.73. The quantitative estimate of drug-likeness (QED) is 0.935. The Kier molecular flexibility index (Phi) is 4.15. The van der Waals surface area contributed by atoms with Gasteiger partial charge < -0.3 is 15.1 Å². The molecule has 1 N–H and O–H groups in total. The Bertz CT molecular complexity index is 775. The molecule has 0 radical (unpaired) electrons. The van der Waals surface area contributed by atoms with Gasteiger partial charge in [-0.3, -0.25) is 0 Å². The molecule has 0 spiro atoms. The maximum Gasteiger partial charge on any atom is 0.137 e. The molecule has 4 nitrogen and oxygen atoms in total. The summed E-state index contributed by atoms with van der Waals surface area (Å²) in [6, 6.07) is 8.88. The number of hydrogen-bond acceptors (Lipinski definition) is 4. The Balaban J connectivity index is 1.84. The first-order chi connectivity index (χ1) is 11.7. The van der Waals surface area contributed by atoms with E-state index in [9.17, 15) is 0 Å². The molecule has 4 heteroatoms. The van der Waals surface area contributed by atoms with Crippen LogP contribution in [0.2, 0.25) is 0 Å². The maximum atomic E-state index is 5.11. The van der Waals surface area contributed by atoms with Gasteiger partial charge in [-0.1, -0.05) is 6.08 Å². The molecule has 1 aromatic heterocycles. The Morgan fingerprint density at radius 3 is 2.62 bits per heavy atom. The molecule has 24 heavy (non-hydrogen) atoms. The fraction of sp³-hybridized carbons (Fsp3) is 0.450. The summed E-state index contributed by atoms with van der Waals surface area (Å²) in [7, 11) is 4.15. The molecular formula is C20H26N4. The van der Waals surface area contributed by atoms with Gasteiger partial charge >= 0.3 is 0 Å². The molecule has 2 aliphatic heterocycles. The Morgan fingerprint density at radius 2 is 1.92 bits per heavy atom. The highest BCUT2D eigenvalue weighted by Crippen LogP contribution is 2.33. The van der Waals surface area contributed by atoms with Crippen molar-refractivity contribution in [2.75, 3.05) is 50.5 Å². The first kappa shape index (κ1) is 15.5. The van der Waals surface area contributed by atoms with Gasteiger partial charge in [0.25, 0.3) is 0 Å². The number of hydrogen-bond donors (Lipinski definition) is 1. The second kappa shape index (κ2) is 6.44. The SMILES string of the molecule is CNc1ccc2c(N3CCCC3)nc(C3=CCN(C)CC3)cc2c1. The van der Waals surface area contributed by atoms with Crippen molar-refractivity contribution < 1.29 is 0 Å². The third kappa shape index (κ3) is 2.86. The Morgan fingerprint density at radius 1 is 1.08 bits per heavy atom. The van der Waals surface area contributed by atoms with Gasteiger partial charge in [0, 0.05) is 44.3 Å². The average Bonchev–Trinajstić information content (AvgIpc) is 3.15. The summed E-state index contributed by atoms with van der Waals surface area (Å²) in [6.07, 6.45) is 5.97. The van der Waals surface area contributed by atoms with Gasteiger partial charge in [-0.15, -0.1) is 0 Å². The normalized spacial score (nSPS) is 18.9. The lowest BCUT2D eigenvalue weighted by atomic mass is 10.0. The van der Waals surface area contributed by atoms with Crippen molar-refractivity contribution >= 4 is 27.9 Å². The lowest BCUT2D eigenvalue weighted by molar-refractivity contribution is 0.370. The third-order valence-electron chi connectivity index (χ3n) is 5.25. The van der Waals surface area contributed by atoms with E-state index >= 15 is 0 Å². The van der Waals surface area contributed by atoms with Crippen LogP contribution in [0.15, 0.2) is 30.3 Å². The van der Waals surface area contributed by atoms with Crippen LogP contribution in [0, 0.1) is 0 Å². The molecule has 2 aliphatic rings. The average molecular weight is 322 g/mol. The minimum Gasteiger partial charge on any atom is -0.388 e. The number of aromatic nitrogens is 1. The van der Waals surface area contributed by atoms with E-state index in [2.05, 4.69) is 52.5 Å². The van der Waals surface area contributed by atoms with Gasteiger partial charge in [-0.05, 0) is 61.5 Å². The molecule has 126 valence electrons. The van der Waals surface area contributed by atoms with Gasteiger partial charge in [-0.25, -0.2) is 4.98 Å². The zero-order valence-electron chi connectivity index (χ0n) is 14.7. The number of benzene rings is 1. The van der Waals surface area contributed by atoms with Crippen LogP contribution in [-0.2, 0) is 0 Å². The van der Waals surface area contributed by atoms with Crippen molar-refractivity contribution in [3.63, 3.8) is 0 Å². The van der Waals surface area contributed by atoms with Crippen LogP contribution >= 0.6 is 0 Å². The minimum absolute atomic E-state index is 1.02. The highest BCUT2D eigenvalue weighted by molar-refractivity contribution is 5.96. The van der Waals surface area contributed by atoms with Crippen molar-refractivity contribution in [3.8, 4) is 0 Å². The zero-order valence-corrected chi connectivity index (χ0v) is 14.7. The first-order valence-electron chi connectivity index (χ1n) is 9.00. The number of nitrogens with one attached hydrogen (secondary N) is 1. The van der Waals surface area contributed by atoms with Crippen LogP contribution in [0.4, 0.5) is 11.5 Å². The largest absolute Gasteiger partial charge is 0.388 e. The van der Waals surface area contributed by atoms with Crippen molar-refractivity contribution in [3.05, 3.63) is 36.0 Å². The molecular weight excluding hydrogens is 296 g/mol. The molecule has 0 bridgehead atoms. The van der Waals surface area contributed by atoms with Crippen LogP contribution in [0.5, 0.6) is 0 Å². The summed E-state index contributed by atoms with van der Waals surface area (Å²) in [5.74, 6) is 1.17. The van der Waals surface area contributed by atoms with E-state index in [-0.39, 0.29) is 0 Å². The number of likely N-dealkylation sites (N-methyl/N-ethyl adjacent to an activating group) is 1. The van der Waals surface area contributed by atoms with Gasteiger partial charge in [-0.2, -0.15) is 0 Å². The van der Waals surface area contributed by atoms with Crippen LogP contribution in [0.1, 0.15) is 25.0 Å². The summed E-state index contributed by atoms with van der Waals surface area (Å²) >= 11 is 0. The van der Waals surface area contributed by atoms with E-state index in [1.807, 2.05) is 7.05 Å². The molecule has 3 heterocycles. The summed E-state index contributed by atoms with van der Waals surface area (Å²) in [4.78, 5) is 9.92. The van der Waals surface area contributed by atoms with Crippen molar-refractivity contribution in [2.45, 2.75) is 19.3 Å². The van der Waals surface area contributed by atoms with E-state index in [0.717, 1.165) is 44.0 Å². The molecule has 4 rings (SSSR count). The van der Waals surface area contributed by atoms with Crippen molar-refractivity contribution in [1.29, 1.82) is 0 Å². The predicted molar refractivity (Wildman–Crippen MR) is 103 cm³/mol. The number of pyridine rings is 1. The summed E-state index contributed by atoms with van der Waals surface area (Å²) in [5, 5.41) is 5.81. The lowest BCUT2D eigenvalue weighted by Gasteiger charge is -2.24. The molecule has 2 aromatic rings. The van der Waals surface area contributed by atoms with Crippen LogP contribution in [0.3, 0.4) is 0 Å². The monoisotopic (exact) mass is 322 g/mol. The number of nitrogens with zero attached hydrogens (tertiary/aromatic N) is 3. The third-order valence-corrected chi connectivity index (χ3v) is 5.25. The van der Waals surface area contributed by atoms with Gasteiger partial charge in [0.15, 0.2) is 0 Å². The molecule has 1 aromatic carbocycles. The van der Waals surface area contributed by atoms with Gasteiger partial charge in [0.05, 0.1) is 5.69 Å². The number of rotatable bonds is 3. The van der Waals surface area contributed by atoms with E-state index in [1.54, 1.807) is 0 Å². The highest BCUT2D eigenvalue weighted by Gasteiger charge is 2.19. The standard InChI is InChI=1S/C20H26N4/c1-21-17-5-6-18-16(13-17)14-19(15-7-11-23(2)12-8-15)22-20(18)24-9-3-4-10-24/h5-7,13-14,21H,3-4,8-12H2,1-2H3. The number of anilines is 2. The molecule has 0 atom stereocenters. The van der Waals surface area contributed by atoms with Crippen LogP contribution < -0.4 is 10.2 Å². The zero-order chi connectivity index (χ0) is 16.5. The molecule has 0 unspecified atom stereocenters. The summed E-state index contributed by atoms with van der Waals surface area (Å²) in [5.41, 5.74) is 3.71. The smallest absolute Gasteiger partial charge is 0.137 e.